The first-order valence-electron chi connectivity index (χ1n) is 11.4. The van der Waals surface area contributed by atoms with E-state index in [0.29, 0.717) is 12.0 Å². The molecule has 1 aromatic heterocycles. The zero-order chi connectivity index (χ0) is 20.6. The lowest BCUT2D eigenvalue weighted by molar-refractivity contribution is -0.133. The molecule has 0 aromatic carbocycles. The summed E-state index contributed by atoms with van der Waals surface area (Å²) in [6.07, 6.45) is 8.57. The molecule has 1 amide bonds. The van der Waals surface area contributed by atoms with Crippen molar-refractivity contribution >= 4 is 11.9 Å². The fourth-order valence-electron chi connectivity index (χ4n) is 4.71. The van der Waals surface area contributed by atoms with Gasteiger partial charge in [-0.2, -0.15) is 0 Å². The molecule has 1 saturated heterocycles. The molecule has 0 bridgehead atoms. The van der Waals surface area contributed by atoms with Gasteiger partial charge in [0.05, 0.1) is 6.04 Å². The van der Waals surface area contributed by atoms with Crippen LogP contribution < -0.4 is 10.2 Å². The van der Waals surface area contributed by atoms with Gasteiger partial charge in [-0.15, -0.1) is 0 Å². The monoisotopic (exact) mass is 402 g/mol. The van der Waals surface area contributed by atoms with Crippen molar-refractivity contribution in [3.63, 3.8) is 0 Å². The Bertz CT molecular complexity index is 615. The minimum absolute atomic E-state index is 0.128. The molecule has 1 aromatic rings. The lowest BCUT2D eigenvalue weighted by atomic mass is 9.83. The third-order valence-corrected chi connectivity index (χ3v) is 6.56. The number of nitrogens with zero attached hydrogens (tertiary/aromatic N) is 5. The first-order chi connectivity index (χ1) is 14.1. The number of rotatable bonds is 8. The molecule has 29 heavy (non-hydrogen) atoms. The van der Waals surface area contributed by atoms with Crippen molar-refractivity contribution in [2.45, 2.75) is 58.5 Å². The van der Waals surface area contributed by atoms with Crippen LogP contribution in [-0.4, -0.2) is 83.6 Å². The SMILES string of the molecule is CCN(CC)CC1CCCCC1NC(C)C(=O)N1CCN(c2ncccn2)CC1. The van der Waals surface area contributed by atoms with Crippen LogP contribution in [0.1, 0.15) is 46.5 Å². The van der Waals surface area contributed by atoms with Crippen LogP contribution in [0.3, 0.4) is 0 Å². The van der Waals surface area contributed by atoms with Gasteiger partial charge in [0.15, 0.2) is 0 Å². The van der Waals surface area contributed by atoms with Crippen LogP contribution in [0.5, 0.6) is 0 Å². The first-order valence-corrected chi connectivity index (χ1v) is 11.4. The molecule has 2 fully saturated rings. The molecule has 0 spiro atoms. The zero-order valence-corrected chi connectivity index (χ0v) is 18.4. The van der Waals surface area contributed by atoms with Crippen molar-refractivity contribution < 1.29 is 4.79 Å². The second-order valence-electron chi connectivity index (χ2n) is 8.39. The van der Waals surface area contributed by atoms with Crippen LogP contribution in [0.25, 0.3) is 0 Å². The molecule has 162 valence electrons. The molecule has 7 heteroatoms. The normalized spacial score (nSPS) is 24.0. The van der Waals surface area contributed by atoms with E-state index in [9.17, 15) is 4.79 Å². The number of carbonyl (C=O) groups is 1. The van der Waals surface area contributed by atoms with E-state index in [4.69, 9.17) is 0 Å². The molecule has 3 unspecified atom stereocenters. The van der Waals surface area contributed by atoms with Crippen LogP contribution in [0.4, 0.5) is 5.95 Å². The van der Waals surface area contributed by atoms with E-state index < -0.39 is 0 Å². The van der Waals surface area contributed by atoms with Gasteiger partial charge in [-0.25, -0.2) is 9.97 Å². The molecule has 1 aliphatic heterocycles. The number of amides is 1. The van der Waals surface area contributed by atoms with Crippen molar-refractivity contribution in [2.75, 3.05) is 50.7 Å². The molecular weight excluding hydrogens is 364 g/mol. The van der Waals surface area contributed by atoms with E-state index in [1.807, 2.05) is 17.9 Å². The van der Waals surface area contributed by atoms with Crippen molar-refractivity contribution in [3.05, 3.63) is 18.5 Å². The number of anilines is 1. The Hall–Kier alpha value is -1.73. The quantitative estimate of drug-likeness (QED) is 0.718. The number of aromatic nitrogens is 2. The van der Waals surface area contributed by atoms with E-state index in [2.05, 4.69) is 38.9 Å². The summed E-state index contributed by atoms with van der Waals surface area (Å²) in [5.74, 6) is 1.63. The zero-order valence-electron chi connectivity index (χ0n) is 18.4. The standard InChI is InChI=1S/C22H38N6O/c1-4-26(5-2)17-19-9-6-7-10-20(19)25-18(3)21(29)27-13-15-28(16-14-27)22-23-11-8-12-24-22/h8,11-12,18-20,25H,4-7,9-10,13-17H2,1-3H3. The van der Waals surface area contributed by atoms with Crippen LogP contribution in [-0.2, 0) is 4.79 Å². The number of hydrogen-bond donors (Lipinski definition) is 1. The Balaban J connectivity index is 1.50. The minimum Gasteiger partial charge on any atom is -0.338 e. The van der Waals surface area contributed by atoms with Crippen molar-refractivity contribution in [1.82, 2.24) is 25.1 Å². The summed E-state index contributed by atoms with van der Waals surface area (Å²) in [7, 11) is 0. The summed E-state index contributed by atoms with van der Waals surface area (Å²) in [5.41, 5.74) is 0. The Morgan fingerprint density at radius 1 is 1.14 bits per heavy atom. The van der Waals surface area contributed by atoms with Gasteiger partial charge in [0.2, 0.25) is 11.9 Å². The maximum atomic E-state index is 13.1. The average molecular weight is 403 g/mol. The lowest BCUT2D eigenvalue weighted by Gasteiger charge is -2.39. The van der Waals surface area contributed by atoms with Crippen LogP contribution in [0.2, 0.25) is 0 Å². The minimum atomic E-state index is -0.128. The van der Waals surface area contributed by atoms with E-state index >= 15 is 0 Å². The Kier molecular flexibility index (Phi) is 8.24. The Morgan fingerprint density at radius 2 is 1.79 bits per heavy atom. The summed E-state index contributed by atoms with van der Waals surface area (Å²) in [6, 6.07) is 2.15. The molecule has 1 saturated carbocycles. The number of piperazine rings is 1. The highest BCUT2D eigenvalue weighted by Crippen LogP contribution is 2.26. The van der Waals surface area contributed by atoms with Gasteiger partial charge in [-0.1, -0.05) is 26.7 Å². The van der Waals surface area contributed by atoms with Crippen LogP contribution in [0.15, 0.2) is 18.5 Å². The second-order valence-corrected chi connectivity index (χ2v) is 8.39. The van der Waals surface area contributed by atoms with Gasteiger partial charge in [0, 0.05) is 51.2 Å². The highest BCUT2D eigenvalue weighted by Gasteiger charge is 2.31. The van der Waals surface area contributed by atoms with Crippen LogP contribution >= 0.6 is 0 Å². The Morgan fingerprint density at radius 3 is 2.45 bits per heavy atom. The van der Waals surface area contributed by atoms with Crippen molar-refractivity contribution in [1.29, 1.82) is 0 Å². The summed E-state index contributed by atoms with van der Waals surface area (Å²) < 4.78 is 0. The van der Waals surface area contributed by atoms with Crippen molar-refractivity contribution in [3.8, 4) is 0 Å². The van der Waals surface area contributed by atoms with Gasteiger partial charge >= 0.3 is 0 Å². The third-order valence-electron chi connectivity index (χ3n) is 6.56. The summed E-state index contributed by atoms with van der Waals surface area (Å²) in [5, 5.41) is 3.71. The number of carbonyl (C=O) groups excluding carboxylic acids is 1. The van der Waals surface area contributed by atoms with Crippen LogP contribution in [0, 0.1) is 5.92 Å². The maximum absolute atomic E-state index is 13.1. The molecule has 2 heterocycles. The number of hydrogen-bond acceptors (Lipinski definition) is 6. The fourth-order valence-corrected chi connectivity index (χ4v) is 4.71. The molecular formula is C22H38N6O. The summed E-state index contributed by atoms with van der Waals surface area (Å²) in [6.45, 7) is 12.9. The predicted octanol–water partition coefficient (Wildman–Crippen LogP) is 2.00. The molecule has 1 aliphatic carbocycles. The summed E-state index contributed by atoms with van der Waals surface area (Å²) >= 11 is 0. The third kappa shape index (κ3) is 5.89. The predicted molar refractivity (Wildman–Crippen MR) is 117 cm³/mol. The van der Waals surface area contributed by atoms with Crippen molar-refractivity contribution in [2.24, 2.45) is 5.92 Å². The van der Waals surface area contributed by atoms with E-state index in [-0.39, 0.29) is 11.9 Å². The molecule has 0 radical (unpaired) electrons. The second kappa shape index (κ2) is 10.9. The van der Waals surface area contributed by atoms with E-state index in [1.54, 1.807) is 12.4 Å². The highest BCUT2D eigenvalue weighted by atomic mass is 16.2. The molecule has 3 atom stereocenters. The van der Waals surface area contributed by atoms with Gasteiger partial charge in [-0.05, 0) is 44.8 Å². The van der Waals surface area contributed by atoms with Gasteiger partial charge in [-0.3, -0.25) is 4.79 Å². The van der Waals surface area contributed by atoms with Gasteiger partial charge in [0.25, 0.3) is 0 Å². The molecule has 2 aliphatic rings. The van der Waals surface area contributed by atoms with Gasteiger partial charge in [0.1, 0.15) is 0 Å². The van der Waals surface area contributed by atoms with E-state index in [1.165, 1.54) is 25.7 Å². The first kappa shape index (κ1) is 22.0. The largest absolute Gasteiger partial charge is 0.338 e. The summed E-state index contributed by atoms with van der Waals surface area (Å²) in [4.78, 5) is 28.4. The smallest absolute Gasteiger partial charge is 0.239 e. The Labute approximate surface area is 175 Å². The van der Waals surface area contributed by atoms with E-state index in [0.717, 1.165) is 51.8 Å². The molecule has 7 nitrogen and oxygen atoms in total. The number of nitrogens with one attached hydrogen (secondary N) is 1. The van der Waals surface area contributed by atoms with Gasteiger partial charge < -0.3 is 20.0 Å². The average Bonchev–Trinajstić information content (AvgIpc) is 2.78. The highest BCUT2D eigenvalue weighted by molar-refractivity contribution is 5.81. The fraction of sp³-hybridized carbons (Fsp3) is 0.773. The maximum Gasteiger partial charge on any atom is 0.239 e. The topological polar surface area (TPSA) is 64.6 Å². The lowest BCUT2D eigenvalue weighted by Crippen LogP contribution is -2.56. The molecule has 3 rings (SSSR count). The molecule has 1 N–H and O–H groups in total.